The van der Waals surface area contributed by atoms with Crippen LogP contribution in [0, 0.1) is 13.8 Å². The van der Waals surface area contributed by atoms with Crippen molar-refractivity contribution >= 4 is 17.3 Å². The summed E-state index contributed by atoms with van der Waals surface area (Å²) in [4.78, 5) is 14.5. The van der Waals surface area contributed by atoms with E-state index in [1.54, 1.807) is 0 Å². The highest BCUT2D eigenvalue weighted by Crippen LogP contribution is 2.27. The number of nitrogens with one attached hydrogen (secondary N) is 1. The molecule has 0 spiro atoms. The van der Waals surface area contributed by atoms with Crippen LogP contribution in [0.1, 0.15) is 23.1 Å². The molecule has 1 heterocycles. The molecule has 2 aromatic rings. The third kappa shape index (κ3) is 2.98. The number of para-hydroxylation sites is 1. The average molecular weight is 294 g/mol. The molecule has 114 valence electrons. The van der Waals surface area contributed by atoms with E-state index in [9.17, 15) is 4.79 Å². The summed E-state index contributed by atoms with van der Waals surface area (Å²) in [6, 6.07) is 14.5. The third-order valence-electron chi connectivity index (χ3n) is 4.47. The van der Waals surface area contributed by atoms with Gasteiger partial charge in [-0.15, -0.1) is 0 Å². The van der Waals surface area contributed by atoms with E-state index in [-0.39, 0.29) is 5.91 Å². The summed E-state index contributed by atoms with van der Waals surface area (Å²) < 4.78 is 0. The van der Waals surface area contributed by atoms with Crippen LogP contribution in [0.3, 0.4) is 0 Å². The van der Waals surface area contributed by atoms with Crippen LogP contribution in [0.5, 0.6) is 0 Å². The van der Waals surface area contributed by atoms with Gasteiger partial charge in [0.2, 0.25) is 5.91 Å². The van der Waals surface area contributed by atoms with Crippen LogP contribution in [0.2, 0.25) is 0 Å². The first-order chi connectivity index (χ1) is 10.6. The molecule has 2 aromatic carbocycles. The number of aryl methyl sites for hydroxylation is 1. The topological polar surface area (TPSA) is 32.3 Å². The molecule has 22 heavy (non-hydrogen) atoms. The molecule has 0 atom stereocenters. The summed E-state index contributed by atoms with van der Waals surface area (Å²) in [5.74, 6) is 0.0816. The number of nitrogens with zero attached hydrogens (tertiary/aromatic N) is 1. The molecule has 1 aliphatic rings. The minimum Gasteiger partial charge on any atom is -0.370 e. The first kappa shape index (κ1) is 14.6. The molecule has 0 fully saturated rings. The van der Waals surface area contributed by atoms with E-state index in [2.05, 4.69) is 47.5 Å². The summed E-state index contributed by atoms with van der Waals surface area (Å²) in [5, 5.41) is 3.03. The van der Waals surface area contributed by atoms with E-state index in [0.29, 0.717) is 6.42 Å². The molecule has 0 saturated heterocycles. The summed E-state index contributed by atoms with van der Waals surface area (Å²) in [6.07, 6.45) is 1.59. The Labute approximate surface area is 132 Å². The molecular weight excluding hydrogens is 272 g/mol. The van der Waals surface area contributed by atoms with Crippen molar-refractivity contribution in [2.75, 3.05) is 23.3 Å². The van der Waals surface area contributed by atoms with Gasteiger partial charge >= 0.3 is 0 Å². The summed E-state index contributed by atoms with van der Waals surface area (Å²) in [5.41, 5.74) is 5.93. The van der Waals surface area contributed by atoms with Gasteiger partial charge in [-0.1, -0.05) is 30.3 Å². The smallest absolute Gasteiger partial charge is 0.226 e. The van der Waals surface area contributed by atoms with Crippen molar-refractivity contribution in [2.45, 2.75) is 26.7 Å². The molecule has 3 rings (SSSR count). The highest BCUT2D eigenvalue weighted by molar-refractivity contribution is 5.92. The quantitative estimate of drug-likeness (QED) is 0.932. The number of hydrogen-bond donors (Lipinski definition) is 1. The molecular formula is C19H22N2O. The summed E-state index contributed by atoms with van der Waals surface area (Å²) >= 11 is 0. The molecule has 3 nitrogen and oxygen atoms in total. The van der Waals surface area contributed by atoms with E-state index in [1.165, 1.54) is 16.8 Å². The number of hydrogen-bond acceptors (Lipinski definition) is 2. The Balaban J connectivity index is 1.58. The van der Waals surface area contributed by atoms with E-state index in [0.717, 1.165) is 30.8 Å². The number of rotatable bonds is 4. The first-order valence-electron chi connectivity index (χ1n) is 7.84. The van der Waals surface area contributed by atoms with Crippen molar-refractivity contribution in [2.24, 2.45) is 0 Å². The second kappa shape index (κ2) is 6.22. The van der Waals surface area contributed by atoms with Gasteiger partial charge in [-0.3, -0.25) is 4.79 Å². The molecule has 0 aromatic heterocycles. The van der Waals surface area contributed by atoms with Crippen molar-refractivity contribution in [3.8, 4) is 0 Å². The van der Waals surface area contributed by atoms with Gasteiger partial charge in [0.15, 0.2) is 0 Å². The predicted molar refractivity (Wildman–Crippen MR) is 91.5 cm³/mol. The highest BCUT2D eigenvalue weighted by Gasteiger charge is 2.18. The molecule has 1 aliphatic heterocycles. The lowest BCUT2D eigenvalue weighted by Crippen LogP contribution is -2.26. The van der Waals surface area contributed by atoms with E-state index < -0.39 is 0 Å². The number of amides is 1. The molecule has 0 saturated carbocycles. The Morgan fingerprint density at radius 2 is 1.95 bits per heavy atom. The summed E-state index contributed by atoms with van der Waals surface area (Å²) in [7, 11) is 0. The minimum absolute atomic E-state index is 0.0816. The zero-order chi connectivity index (χ0) is 15.5. The Morgan fingerprint density at radius 3 is 2.82 bits per heavy atom. The molecule has 3 heteroatoms. The number of benzene rings is 2. The van der Waals surface area contributed by atoms with Gasteiger partial charge in [-0.2, -0.15) is 0 Å². The lowest BCUT2D eigenvalue weighted by Gasteiger charge is -2.19. The highest BCUT2D eigenvalue weighted by atomic mass is 16.1. The minimum atomic E-state index is 0.0816. The van der Waals surface area contributed by atoms with Crippen LogP contribution < -0.4 is 10.2 Å². The standard InChI is InChI=1S/C19H22N2O/c1-14-6-5-8-17(15(14)2)20-19(22)11-13-21-12-10-16-7-3-4-9-18(16)21/h3-9H,10-13H2,1-2H3,(H,20,22). The number of fused-ring (bicyclic) bond motifs is 1. The Hall–Kier alpha value is -2.29. The van der Waals surface area contributed by atoms with Crippen molar-refractivity contribution in [1.82, 2.24) is 0 Å². The second-order valence-corrected chi connectivity index (χ2v) is 5.91. The third-order valence-corrected chi connectivity index (χ3v) is 4.47. The van der Waals surface area contributed by atoms with E-state index >= 15 is 0 Å². The predicted octanol–water partition coefficient (Wildman–Crippen LogP) is 3.69. The van der Waals surface area contributed by atoms with Crippen LogP contribution in [-0.4, -0.2) is 19.0 Å². The van der Waals surface area contributed by atoms with Crippen molar-refractivity contribution in [3.63, 3.8) is 0 Å². The van der Waals surface area contributed by atoms with Crippen LogP contribution in [0.15, 0.2) is 42.5 Å². The lowest BCUT2D eigenvalue weighted by atomic mass is 10.1. The second-order valence-electron chi connectivity index (χ2n) is 5.91. The van der Waals surface area contributed by atoms with Gasteiger partial charge in [0.25, 0.3) is 0 Å². The lowest BCUT2D eigenvalue weighted by molar-refractivity contribution is -0.116. The van der Waals surface area contributed by atoms with Crippen LogP contribution in [0.25, 0.3) is 0 Å². The Bertz CT molecular complexity index is 694. The van der Waals surface area contributed by atoms with Gasteiger partial charge in [0, 0.05) is 30.9 Å². The van der Waals surface area contributed by atoms with Gasteiger partial charge < -0.3 is 10.2 Å². The first-order valence-corrected chi connectivity index (χ1v) is 7.84. The zero-order valence-electron chi connectivity index (χ0n) is 13.2. The molecule has 1 N–H and O–H groups in total. The van der Waals surface area contributed by atoms with E-state index in [1.807, 2.05) is 19.1 Å². The SMILES string of the molecule is Cc1cccc(NC(=O)CCN2CCc3ccccc32)c1C. The molecule has 0 bridgehead atoms. The fraction of sp³-hybridized carbons (Fsp3) is 0.316. The average Bonchev–Trinajstić information content (AvgIpc) is 2.93. The monoisotopic (exact) mass is 294 g/mol. The van der Waals surface area contributed by atoms with Crippen molar-refractivity contribution in [1.29, 1.82) is 0 Å². The van der Waals surface area contributed by atoms with Crippen LogP contribution in [-0.2, 0) is 11.2 Å². The number of anilines is 2. The van der Waals surface area contributed by atoms with Crippen LogP contribution >= 0.6 is 0 Å². The van der Waals surface area contributed by atoms with Crippen molar-refractivity contribution < 1.29 is 4.79 Å². The number of carbonyl (C=O) groups is 1. The molecule has 1 amide bonds. The maximum Gasteiger partial charge on any atom is 0.226 e. The Kier molecular flexibility index (Phi) is 4.14. The van der Waals surface area contributed by atoms with Gasteiger partial charge in [0.05, 0.1) is 0 Å². The van der Waals surface area contributed by atoms with Crippen molar-refractivity contribution in [3.05, 3.63) is 59.2 Å². The largest absolute Gasteiger partial charge is 0.370 e. The fourth-order valence-corrected chi connectivity index (χ4v) is 2.97. The molecule has 0 radical (unpaired) electrons. The number of carbonyl (C=O) groups excluding carboxylic acids is 1. The van der Waals surface area contributed by atoms with Crippen LogP contribution in [0.4, 0.5) is 11.4 Å². The summed E-state index contributed by atoms with van der Waals surface area (Å²) in [6.45, 7) is 5.89. The zero-order valence-corrected chi connectivity index (χ0v) is 13.2. The van der Waals surface area contributed by atoms with Gasteiger partial charge in [-0.25, -0.2) is 0 Å². The Morgan fingerprint density at radius 1 is 1.14 bits per heavy atom. The maximum atomic E-state index is 12.2. The van der Waals surface area contributed by atoms with E-state index in [4.69, 9.17) is 0 Å². The maximum absolute atomic E-state index is 12.2. The van der Waals surface area contributed by atoms with Gasteiger partial charge in [0.1, 0.15) is 0 Å². The normalized spacial score (nSPS) is 13.1. The molecule has 0 aliphatic carbocycles. The molecule has 0 unspecified atom stereocenters. The fourth-order valence-electron chi connectivity index (χ4n) is 2.97. The van der Waals surface area contributed by atoms with Gasteiger partial charge in [-0.05, 0) is 49.1 Å².